The third kappa shape index (κ3) is 3.97. The van der Waals surface area contributed by atoms with Crippen LogP contribution in [0.1, 0.15) is 12.5 Å². The molecule has 1 amide bonds. The topological polar surface area (TPSA) is 24.2 Å². The van der Waals surface area contributed by atoms with Crippen LogP contribution in [0.3, 0.4) is 0 Å². The molecule has 4 heteroatoms. The van der Waals surface area contributed by atoms with Crippen molar-refractivity contribution in [3.63, 3.8) is 0 Å². The first kappa shape index (κ1) is 19.8. The van der Waals surface area contributed by atoms with Crippen LogP contribution in [-0.2, 0) is 11.3 Å². The Hall–Kier alpha value is -2.98. The summed E-state index contributed by atoms with van der Waals surface area (Å²) in [5.74, 6) is -0.00726. The number of benzene rings is 3. The van der Waals surface area contributed by atoms with Gasteiger partial charge in [0.2, 0.25) is 11.4 Å². The maximum atomic E-state index is 12.5. The van der Waals surface area contributed by atoms with Gasteiger partial charge in [0.15, 0.2) is 12.7 Å². The summed E-state index contributed by atoms with van der Waals surface area (Å²) >= 11 is 0. The van der Waals surface area contributed by atoms with Gasteiger partial charge in [0.1, 0.15) is 0 Å². The van der Waals surface area contributed by atoms with Crippen molar-refractivity contribution in [2.45, 2.75) is 13.5 Å². The lowest BCUT2D eigenvalue weighted by Gasteiger charge is -2.22. The predicted octanol–water partition coefficient (Wildman–Crippen LogP) is 1.86. The fraction of sp³-hybridized carbons (Fsp3) is 0.0833. The predicted molar refractivity (Wildman–Crippen MR) is 109 cm³/mol. The monoisotopic (exact) mass is 432 g/mol. The molecule has 0 aliphatic carbocycles. The number of fused-ring (bicyclic) bond motifs is 1. The Morgan fingerprint density at radius 1 is 0.821 bits per heavy atom. The molecule has 0 saturated heterocycles. The maximum Gasteiger partial charge on any atom is 0.228 e. The fourth-order valence-corrected chi connectivity index (χ4v) is 3.45. The lowest BCUT2D eigenvalue weighted by Crippen LogP contribution is -3.00. The Morgan fingerprint density at radius 3 is 2.11 bits per heavy atom. The molecule has 28 heavy (non-hydrogen) atoms. The van der Waals surface area contributed by atoms with Crippen molar-refractivity contribution < 1.29 is 26.3 Å². The van der Waals surface area contributed by atoms with Crippen molar-refractivity contribution in [2.75, 3.05) is 4.90 Å². The van der Waals surface area contributed by atoms with Crippen molar-refractivity contribution in [3.05, 3.63) is 103 Å². The average molecular weight is 433 g/mol. The van der Waals surface area contributed by atoms with Gasteiger partial charge in [-0.1, -0.05) is 60.7 Å². The minimum Gasteiger partial charge on any atom is -1.00 e. The molecule has 1 aromatic heterocycles. The molecule has 4 aromatic rings. The van der Waals surface area contributed by atoms with Gasteiger partial charge in [-0.2, -0.15) is 4.57 Å². The first-order valence-electron chi connectivity index (χ1n) is 9.05. The zero-order valence-electron chi connectivity index (χ0n) is 15.6. The summed E-state index contributed by atoms with van der Waals surface area (Å²) in [7, 11) is 0. The fourth-order valence-electron chi connectivity index (χ4n) is 3.45. The number of halogens is 1. The molecule has 3 nitrogen and oxygen atoms in total. The van der Waals surface area contributed by atoms with Crippen LogP contribution in [-0.4, -0.2) is 5.91 Å². The van der Waals surface area contributed by atoms with E-state index in [1.165, 1.54) is 5.56 Å². The van der Waals surface area contributed by atoms with Gasteiger partial charge in [0.25, 0.3) is 0 Å². The molecule has 0 spiro atoms. The van der Waals surface area contributed by atoms with Crippen LogP contribution in [0.5, 0.6) is 0 Å². The number of para-hydroxylation sites is 2. The number of nitrogens with zero attached hydrogens (tertiary/aromatic N) is 2. The minimum atomic E-state index is -0.00726. The summed E-state index contributed by atoms with van der Waals surface area (Å²) in [6.45, 7) is 2.39. The van der Waals surface area contributed by atoms with E-state index in [4.69, 9.17) is 0 Å². The number of rotatable bonds is 4. The van der Waals surface area contributed by atoms with E-state index in [-0.39, 0.29) is 22.9 Å². The number of carbonyl (C=O) groups excluding carboxylic acids is 1. The van der Waals surface area contributed by atoms with Crippen molar-refractivity contribution >= 4 is 28.2 Å². The molecule has 0 saturated carbocycles. The largest absolute Gasteiger partial charge is 1.00 e. The quantitative estimate of drug-likeness (QED) is 0.451. The molecule has 0 fully saturated rings. The highest BCUT2D eigenvalue weighted by molar-refractivity contribution is 6.06. The Labute approximate surface area is 175 Å². The molecule has 0 radical (unpaired) electrons. The van der Waals surface area contributed by atoms with Crippen LogP contribution >= 0.6 is 0 Å². The number of amides is 1. The lowest BCUT2D eigenvalue weighted by molar-refractivity contribution is -0.662. The summed E-state index contributed by atoms with van der Waals surface area (Å²) in [5, 5.41) is 1.05. The Bertz CT molecular complexity index is 1080. The highest BCUT2D eigenvalue weighted by atomic mass is 79.9. The van der Waals surface area contributed by atoms with Gasteiger partial charge in [-0.05, 0) is 18.2 Å². The van der Waals surface area contributed by atoms with Gasteiger partial charge in [-0.15, -0.1) is 0 Å². The Balaban J connectivity index is 0.00000225. The van der Waals surface area contributed by atoms with Crippen molar-refractivity contribution in [1.82, 2.24) is 0 Å². The van der Waals surface area contributed by atoms with Crippen LogP contribution in [0.4, 0.5) is 11.4 Å². The van der Waals surface area contributed by atoms with E-state index in [1.54, 1.807) is 11.8 Å². The van der Waals surface area contributed by atoms with Crippen LogP contribution in [0.2, 0.25) is 0 Å². The van der Waals surface area contributed by atoms with Crippen LogP contribution in [0.15, 0.2) is 97.2 Å². The Kier molecular flexibility index (Phi) is 6.22. The number of carbonyl (C=O) groups is 1. The molecule has 0 aliphatic rings. The van der Waals surface area contributed by atoms with Crippen LogP contribution in [0, 0.1) is 0 Å². The highest BCUT2D eigenvalue weighted by Gasteiger charge is 2.20. The minimum absolute atomic E-state index is 0. The molecule has 4 rings (SSSR count). The summed E-state index contributed by atoms with van der Waals surface area (Å²) in [5.41, 5.74) is 4.11. The molecule has 0 N–H and O–H groups in total. The number of hydrogen-bond acceptors (Lipinski definition) is 1. The van der Waals surface area contributed by atoms with E-state index in [0.717, 1.165) is 28.8 Å². The van der Waals surface area contributed by atoms with E-state index in [0.29, 0.717) is 0 Å². The van der Waals surface area contributed by atoms with Gasteiger partial charge in [-0.3, -0.25) is 9.69 Å². The highest BCUT2D eigenvalue weighted by Crippen LogP contribution is 2.31. The van der Waals surface area contributed by atoms with E-state index >= 15 is 0 Å². The van der Waals surface area contributed by atoms with Crippen LogP contribution < -0.4 is 26.4 Å². The van der Waals surface area contributed by atoms with Gasteiger partial charge in [0.05, 0.1) is 11.1 Å². The van der Waals surface area contributed by atoms with Crippen molar-refractivity contribution in [3.8, 4) is 0 Å². The van der Waals surface area contributed by atoms with Gasteiger partial charge in [0, 0.05) is 30.3 Å². The van der Waals surface area contributed by atoms with E-state index < -0.39 is 0 Å². The average Bonchev–Trinajstić information content (AvgIpc) is 2.71. The van der Waals surface area contributed by atoms with Crippen LogP contribution in [0.25, 0.3) is 10.9 Å². The molecule has 0 bridgehead atoms. The number of hydrogen-bond donors (Lipinski definition) is 0. The molecule has 0 unspecified atom stereocenters. The third-order valence-electron chi connectivity index (χ3n) is 4.67. The summed E-state index contributed by atoms with van der Waals surface area (Å²) in [6.07, 6.45) is 2.06. The van der Waals surface area contributed by atoms with Gasteiger partial charge >= 0.3 is 0 Å². The van der Waals surface area contributed by atoms with E-state index in [2.05, 4.69) is 47.2 Å². The molecule has 3 aromatic carbocycles. The molecule has 1 heterocycles. The number of anilines is 2. The molecule has 140 valence electrons. The van der Waals surface area contributed by atoms with E-state index in [1.807, 2.05) is 54.6 Å². The maximum absolute atomic E-state index is 12.5. The second-order valence-electron chi connectivity index (χ2n) is 6.52. The number of aromatic nitrogens is 1. The molecular formula is C24H21BrN2O. The normalized spacial score (nSPS) is 10.3. The second-order valence-corrected chi connectivity index (χ2v) is 6.52. The van der Waals surface area contributed by atoms with E-state index in [9.17, 15) is 4.79 Å². The first-order chi connectivity index (χ1) is 13.2. The summed E-state index contributed by atoms with van der Waals surface area (Å²) < 4.78 is 2.22. The third-order valence-corrected chi connectivity index (χ3v) is 4.67. The standard InChI is InChI=1S/C24H21N2O.BrH/c1-19(27)26(21-12-6-3-7-13-21)24-16-17-25(18-20-10-4-2-5-11-20)23-15-9-8-14-22(23)24;/h2-17H,18H2,1H3;1H/q+1;/p-1. The van der Waals surface area contributed by atoms with Crippen molar-refractivity contribution in [1.29, 1.82) is 0 Å². The Morgan fingerprint density at radius 2 is 1.43 bits per heavy atom. The molecular weight excluding hydrogens is 412 g/mol. The SMILES string of the molecule is CC(=O)N(c1ccccc1)c1cc[n+](Cc2ccccc2)c2ccccc12.[Br-]. The summed E-state index contributed by atoms with van der Waals surface area (Å²) in [4.78, 5) is 14.3. The smallest absolute Gasteiger partial charge is 0.228 e. The first-order valence-corrected chi connectivity index (χ1v) is 9.05. The zero-order chi connectivity index (χ0) is 18.6. The molecule has 0 aliphatic heterocycles. The second kappa shape index (κ2) is 8.81. The van der Waals surface area contributed by atoms with Gasteiger partial charge in [-0.25, -0.2) is 0 Å². The lowest BCUT2D eigenvalue weighted by atomic mass is 10.1. The number of pyridine rings is 1. The summed E-state index contributed by atoms with van der Waals surface area (Å²) in [6, 6.07) is 30.4. The molecule has 0 atom stereocenters. The van der Waals surface area contributed by atoms with Gasteiger partial charge < -0.3 is 17.0 Å². The van der Waals surface area contributed by atoms with Crippen molar-refractivity contribution in [2.24, 2.45) is 0 Å². The zero-order valence-corrected chi connectivity index (χ0v) is 17.2.